The second kappa shape index (κ2) is 22.6. The van der Waals surface area contributed by atoms with Crippen molar-refractivity contribution in [2.45, 2.75) is 0 Å². The van der Waals surface area contributed by atoms with Gasteiger partial charge in [-0.15, -0.1) is 0 Å². The molecule has 12 nitrogen and oxygen atoms in total. The van der Waals surface area contributed by atoms with E-state index in [9.17, 15) is 0 Å². The topological polar surface area (TPSA) is 243 Å². The van der Waals surface area contributed by atoms with Crippen LogP contribution in [0.25, 0.3) is 0 Å². The van der Waals surface area contributed by atoms with E-state index < -0.39 is 29.3 Å². The normalized spacial score (nSPS) is 7.84. The van der Waals surface area contributed by atoms with Gasteiger partial charge in [-0.3, -0.25) is 0 Å². The number of hydrogen-bond acceptors (Lipinski definition) is 12. The third kappa shape index (κ3) is 68.0. The van der Waals surface area contributed by atoms with Crippen molar-refractivity contribution >= 4 is 83.2 Å². The average molecular weight is 416 g/mol. The Bertz CT molecular complexity index is 369. The Morgan fingerprint density at radius 2 is 0.800 bits per heavy atom. The van der Waals surface area contributed by atoms with Crippen molar-refractivity contribution in [3.63, 3.8) is 0 Å². The Labute approximate surface area is 171 Å². The van der Waals surface area contributed by atoms with Crippen LogP contribution in [0.4, 0.5) is 0 Å². The Kier molecular flexibility index (Phi) is 30.0. The summed E-state index contributed by atoms with van der Waals surface area (Å²) in [6.07, 6.45) is 0. The zero-order valence-corrected chi connectivity index (χ0v) is 16.2. The van der Waals surface area contributed by atoms with E-state index in [0.717, 1.165) is 27.9 Å². The van der Waals surface area contributed by atoms with Gasteiger partial charge in [0, 0.05) is 0 Å². The molecule has 19 heteroatoms. The molecule has 0 saturated heterocycles. The summed E-state index contributed by atoms with van der Waals surface area (Å²) in [5.41, 5.74) is 0. The van der Waals surface area contributed by atoms with Gasteiger partial charge in [0.05, 0.1) is 0 Å². The molecule has 0 aliphatic carbocycles. The standard InChI is InChI=1S/C6H3Cl2.4BH3O3.Na/c7-5-3-1-2-4-6(5)8;4*2-1(3)4;/h1,3-4H;4*2-4H;. The molecule has 138 valence electrons. The van der Waals surface area contributed by atoms with Gasteiger partial charge in [0.15, 0.2) is 0 Å². The fourth-order valence-corrected chi connectivity index (χ4v) is 1.59. The summed E-state index contributed by atoms with van der Waals surface area (Å²) in [7, 11) is -8.67. The summed E-state index contributed by atoms with van der Waals surface area (Å²) in [6.45, 7) is 0. The Morgan fingerprint density at radius 3 is 0.960 bits per heavy atom. The molecule has 0 aromatic heterocycles. The molecule has 25 heavy (non-hydrogen) atoms. The molecule has 1 aromatic rings. The molecular formula is C6H15B4Cl2NaO12. The van der Waals surface area contributed by atoms with Gasteiger partial charge in [-0.25, -0.2) is 0 Å². The van der Waals surface area contributed by atoms with E-state index in [1.165, 1.54) is 2.81 Å². The molecule has 1 rings (SSSR count). The van der Waals surface area contributed by atoms with E-state index in [-0.39, 0.29) is 0 Å². The van der Waals surface area contributed by atoms with Crippen molar-refractivity contribution in [2.24, 2.45) is 0 Å². The van der Waals surface area contributed by atoms with Crippen LogP contribution in [-0.4, -0.2) is 118 Å². The first kappa shape index (κ1) is 33.2. The van der Waals surface area contributed by atoms with Crippen LogP contribution in [0.3, 0.4) is 0 Å². The van der Waals surface area contributed by atoms with E-state index in [4.69, 9.17) is 83.5 Å². The molecule has 0 heterocycles. The van der Waals surface area contributed by atoms with Crippen LogP contribution in [0.15, 0.2) is 18.2 Å². The molecule has 0 amide bonds. The monoisotopic (exact) mass is 416 g/mol. The number of rotatable bonds is 0. The van der Waals surface area contributed by atoms with Crippen LogP contribution in [0, 0.1) is 0 Å². The second-order valence-electron chi connectivity index (χ2n) is 3.30. The first-order valence-electron chi connectivity index (χ1n) is 5.71. The van der Waals surface area contributed by atoms with Crippen LogP contribution in [-0.2, 0) is 0 Å². The molecule has 12 N–H and O–H groups in total. The summed E-state index contributed by atoms with van der Waals surface area (Å²) in [5.74, 6) is 0. The van der Waals surface area contributed by atoms with Crippen molar-refractivity contribution in [1.82, 2.24) is 0 Å². The van der Waals surface area contributed by atoms with Gasteiger partial charge in [0.25, 0.3) is 0 Å². The van der Waals surface area contributed by atoms with Crippen LogP contribution in [0.2, 0.25) is 10.0 Å². The molecule has 0 aliphatic heterocycles. The summed E-state index contributed by atoms with van der Waals surface area (Å²) >= 11 is 12.4. The minimum absolute atomic E-state index is 0.635. The third-order valence-corrected chi connectivity index (χ3v) is 2.44. The van der Waals surface area contributed by atoms with Crippen LogP contribution in [0.5, 0.6) is 0 Å². The SMILES string of the molecule is OB(O)O.OB(O)O.OB(O)O.OB(O)O.[Na][c]1ccc(Cl)c(Cl)c1. The van der Waals surface area contributed by atoms with Crippen molar-refractivity contribution < 1.29 is 60.3 Å². The Hall–Kier alpha value is 0.580. The van der Waals surface area contributed by atoms with Gasteiger partial charge in [0.2, 0.25) is 0 Å². The number of halogens is 2. The molecule has 1 aromatic carbocycles. The fraction of sp³-hybridized carbons (Fsp3) is 0. The molecular weight excluding hydrogens is 401 g/mol. The quantitative estimate of drug-likeness (QED) is 0.177. The van der Waals surface area contributed by atoms with Crippen LogP contribution < -0.4 is 2.81 Å². The van der Waals surface area contributed by atoms with Crippen molar-refractivity contribution in [2.75, 3.05) is 0 Å². The molecule has 0 bridgehead atoms. The second-order valence-corrected chi connectivity index (χ2v) is 5.27. The van der Waals surface area contributed by atoms with Crippen molar-refractivity contribution in [3.8, 4) is 0 Å². The minimum atomic E-state index is -2.17. The molecule has 0 fully saturated rings. The van der Waals surface area contributed by atoms with Gasteiger partial charge in [-0.05, 0) is 0 Å². The van der Waals surface area contributed by atoms with Gasteiger partial charge in [-0.2, -0.15) is 0 Å². The Balaban J connectivity index is -0.000000119. The van der Waals surface area contributed by atoms with Crippen LogP contribution >= 0.6 is 23.2 Å². The zero-order valence-electron chi connectivity index (χ0n) is 12.7. The first-order valence-corrected chi connectivity index (χ1v) is 7.47. The van der Waals surface area contributed by atoms with Gasteiger partial charge >= 0.3 is 111 Å². The summed E-state index contributed by atoms with van der Waals surface area (Å²) in [5, 5.41) is 87.3. The van der Waals surface area contributed by atoms with E-state index >= 15 is 0 Å². The van der Waals surface area contributed by atoms with Gasteiger partial charge in [0.1, 0.15) is 0 Å². The number of benzene rings is 1. The van der Waals surface area contributed by atoms with Crippen molar-refractivity contribution in [3.05, 3.63) is 28.2 Å². The third-order valence-electron chi connectivity index (χ3n) is 1.08. The predicted molar refractivity (Wildman–Crippen MR) is 91.5 cm³/mol. The molecule has 0 atom stereocenters. The zero-order chi connectivity index (χ0) is 21.2. The summed E-state index contributed by atoms with van der Waals surface area (Å²) < 4.78 is 1.27. The maximum atomic E-state index is 7.17. The fourth-order valence-electron chi connectivity index (χ4n) is 0.601. The predicted octanol–water partition coefficient (Wildman–Crippen LogP) is -6.42. The van der Waals surface area contributed by atoms with Crippen LogP contribution in [0.1, 0.15) is 0 Å². The maximum absolute atomic E-state index is 7.17. The molecule has 0 unspecified atom stereocenters. The van der Waals surface area contributed by atoms with E-state index in [2.05, 4.69) is 0 Å². The summed E-state index contributed by atoms with van der Waals surface area (Å²) in [6, 6.07) is 5.71. The molecule has 0 aliphatic rings. The van der Waals surface area contributed by atoms with E-state index in [0.29, 0.717) is 10.0 Å². The first-order chi connectivity index (χ1) is 11.1. The van der Waals surface area contributed by atoms with Gasteiger partial charge < -0.3 is 60.3 Å². The van der Waals surface area contributed by atoms with Gasteiger partial charge in [-0.1, -0.05) is 0 Å². The van der Waals surface area contributed by atoms with Crippen molar-refractivity contribution in [1.29, 1.82) is 0 Å². The average Bonchev–Trinajstić information content (AvgIpc) is 2.31. The van der Waals surface area contributed by atoms with E-state index in [1.807, 2.05) is 18.2 Å². The Morgan fingerprint density at radius 1 is 0.560 bits per heavy atom. The van der Waals surface area contributed by atoms with E-state index in [1.54, 1.807) is 0 Å². The number of hydrogen-bond donors (Lipinski definition) is 12. The molecule has 0 radical (unpaired) electrons. The molecule has 0 saturated carbocycles. The molecule has 0 spiro atoms. The summed E-state index contributed by atoms with van der Waals surface area (Å²) in [4.78, 5) is 0.